The van der Waals surface area contributed by atoms with Gasteiger partial charge >= 0.3 is 0 Å². The Hall–Kier alpha value is -2.19. The zero-order chi connectivity index (χ0) is 19.3. The molecule has 3 rings (SSSR count). The van der Waals surface area contributed by atoms with Crippen LogP contribution in [0.15, 0.2) is 36.4 Å². The van der Waals surface area contributed by atoms with Gasteiger partial charge in [0.15, 0.2) is 11.6 Å². The van der Waals surface area contributed by atoms with Crippen LogP contribution in [0.2, 0.25) is 39.3 Å². The van der Waals surface area contributed by atoms with Gasteiger partial charge in [0.1, 0.15) is 11.5 Å². The van der Waals surface area contributed by atoms with E-state index in [2.05, 4.69) is 39.3 Å². The predicted molar refractivity (Wildman–Crippen MR) is 108 cm³/mol. The summed E-state index contributed by atoms with van der Waals surface area (Å²) in [6.07, 6.45) is 0. The Morgan fingerprint density at radius 1 is 0.615 bits per heavy atom. The molecule has 0 atom stereocenters. The molecule has 2 aromatic carbocycles. The third-order valence-electron chi connectivity index (χ3n) is 3.83. The molecular weight excluding hydrogens is 360 g/mol. The highest BCUT2D eigenvalue weighted by Crippen LogP contribution is 2.40. The lowest BCUT2D eigenvalue weighted by Gasteiger charge is -2.28. The number of carbonyl (C=O) groups excluding carboxylic acids is 2. The standard InChI is InChI=1S/C20H24O4Si2/c1-25(2,3)23-15-11-12-16(24-26(4,5)6)18-17(15)19(21)13-9-7-8-10-14(13)20(18)22/h7-12H,1-6H3. The molecule has 0 radical (unpaired) electrons. The van der Waals surface area contributed by atoms with E-state index in [9.17, 15) is 9.59 Å². The van der Waals surface area contributed by atoms with Crippen molar-refractivity contribution in [1.29, 1.82) is 0 Å². The summed E-state index contributed by atoms with van der Waals surface area (Å²) in [5.74, 6) is 0.610. The molecule has 2 aromatic rings. The monoisotopic (exact) mass is 384 g/mol. The predicted octanol–water partition coefficient (Wildman–Crippen LogP) is 4.89. The summed E-state index contributed by atoms with van der Waals surface area (Å²) in [4.78, 5) is 26.4. The lowest BCUT2D eigenvalue weighted by Crippen LogP contribution is -2.33. The second-order valence-corrected chi connectivity index (χ2v) is 17.3. The molecule has 1 aliphatic rings. The van der Waals surface area contributed by atoms with Crippen LogP contribution in [0.5, 0.6) is 11.5 Å². The molecule has 0 aliphatic heterocycles. The minimum absolute atomic E-state index is 0.176. The van der Waals surface area contributed by atoms with Gasteiger partial charge < -0.3 is 8.85 Å². The van der Waals surface area contributed by atoms with E-state index in [1.165, 1.54) is 0 Å². The first-order valence-electron chi connectivity index (χ1n) is 8.71. The average molecular weight is 385 g/mol. The fraction of sp³-hybridized carbons (Fsp3) is 0.300. The molecule has 26 heavy (non-hydrogen) atoms. The van der Waals surface area contributed by atoms with Crippen molar-refractivity contribution in [3.05, 3.63) is 58.7 Å². The van der Waals surface area contributed by atoms with E-state index in [0.717, 1.165) is 0 Å². The Morgan fingerprint density at radius 2 is 0.962 bits per heavy atom. The van der Waals surface area contributed by atoms with Crippen LogP contribution in [-0.4, -0.2) is 28.2 Å². The minimum atomic E-state index is -1.96. The van der Waals surface area contributed by atoms with Gasteiger partial charge in [0, 0.05) is 11.1 Å². The highest BCUT2D eigenvalue weighted by Gasteiger charge is 2.36. The van der Waals surface area contributed by atoms with E-state index < -0.39 is 16.6 Å². The third-order valence-corrected chi connectivity index (χ3v) is 5.50. The number of carbonyl (C=O) groups is 2. The van der Waals surface area contributed by atoms with Gasteiger partial charge in [0.25, 0.3) is 0 Å². The summed E-state index contributed by atoms with van der Waals surface area (Å²) in [7, 11) is -3.92. The van der Waals surface area contributed by atoms with Crippen molar-refractivity contribution in [3.8, 4) is 11.5 Å². The fourth-order valence-corrected chi connectivity index (χ4v) is 4.65. The van der Waals surface area contributed by atoms with Gasteiger partial charge in [-0.1, -0.05) is 24.3 Å². The van der Waals surface area contributed by atoms with Gasteiger partial charge in [-0.2, -0.15) is 0 Å². The van der Waals surface area contributed by atoms with Crippen LogP contribution < -0.4 is 8.85 Å². The Bertz CT molecular complexity index is 831. The molecule has 0 bridgehead atoms. The Labute approximate surface area is 156 Å². The maximum atomic E-state index is 13.2. The van der Waals surface area contributed by atoms with Crippen molar-refractivity contribution in [2.75, 3.05) is 0 Å². The number of ketones is 2. The van der Waals surface area contributed by atoms with Crippen molar-refractivity contribution < 1.29 is 18.4 Å². The van der Waals surface area contributed by atoms with Crippen LogP contribution >= 0.6 is 0 Å². The molecule has 4 nitrogen and oxygen atoms in total. The molecule has 0 saturated heterocycles. The number of hydrogen-bond acceptors (Lipinski definition) is 4. The summed E-state index contributed by atoms with van der Waals surface area (Å²) in [6, 6.07) is 10.5. The first-order chi connectivity index (χ1) is 12.0. The summed E-state index contributed by atoms with van der Waals surface area (Å²) in [6.45, 7) is 12.3. The summed E-state index contributed by atoms with van der Waals surface area (Å²) in [5.41, 5.74) is 1.53. The van der Waals surface area contributed by atoms with Crippen molar-refractivity contribution in [2.24, 2.45) is 0 Å². The minimum Gasteiger partial charge on any atom is -0.544 e. The molecule has 136 valence electrons. The van der Waals surface area contributed by atoms with Gasteiger partial charge in [-0.3, -0.25) is 9.59 Å². The van der Waals surface area contributed by atoms with Crippen LogP contribution in [0, 0.1) is 0 Å². The largest absolute Gasteiger partial charge is 0.544 e. The van der Waals surface area contributed by atoms with Crippen LogP contribution in [-0.2, 0) is 0 Å². The Kier molecular flexibility index (Phi) is 4.44. The first-order valence-corrected chi connectivity index (χ1v) is 15.5. The zero-order valence-corrected chi connectivity index (χ0v) is 18.1. The highest BCUT2D eigenvalue weighted by atomic mass is 28.4. The topological polar surface area (TPSA) is 52.6 Å². The molecule has 0 amide bonds. The smallest absolute Gasteiger partial charge is 0.242 e. The second kappa shape index (κ2) is 6.21. The van der Waals surface area contributed by atoms with E-state index >= 15 is 0 Å². The molecule has 0 N–H and O–H groups in total. The van der Waals surface area contributed by atoms with Crippen LogP contribution in [0.3, 0.4) is 0 Å². The molecule has 1 aliphatic carbocycles. The maximum Gasteiger partial charge on any atom is 0.242 e. The average Bonchev–Trinajstić information content (AvgIpc) is 2.51. The summed E-state index contributed by atoms with van der Waals surface area (Å²) in [5, 5.41) is 0. The summed E-state index contributed by atoms with van der Waals surface area (Å²) >= 11 is 0. The van der Waals surface area contributed by atoms with E-state index in [4.69, 9.17) is 8.85 Å². The third kappa shape index (κ3) is 3.52. The number of fused-ring (bicyclic) bond motifs is 2. The van der Waals surface area contributed by atoms with E-state index in [1.807, 2.05) is 0 Å². The molecule has 0 saturated carbocycles. The molecule has 0 spiro atoms. The Morgan fingerprint density at radius 3 is 1.27 bits per heavy atom. The molecule has 0 heterocycles. The van der Waals surface area contributed by atoms with Gasteiger partial charge in [0.2, 0.25) is 16.6 Å². The number of hydrogen-bond donors (Lipinski definition) is 0. The lowest BCUT2D eigenvalue weighted by molar-refractivity contribution is 0.0976. The molecule has 0 aromatic heterocycles. The van der Waals surface area contributed by atoms with Crippen molar-refractivity contribution in [3.63, 3.8) is 0 Å². The van der Waals surface area contributed by atoms with Crippen molar-refractivity contribution in [1.82, 2.24) is 0 Å². The molecule has 0 fully saturated rings. The zero-order valence-electron chi connectivity index (χ0n) is 16.1. The van der Waals surface area contributed by atoms with Crippen LogP contribution in [0.4, 0.5) is 0 Å². The molecule has 0 unspecified atom stereocenters. The van der Waals surface area contributed by atoms with E-state index in [-0.39, 0.29) is 11.6 Å². The van der Waals surface area contributed by atoms with Crippen LogP contribution in [0.25, 0.3) is 0 Å². The van der Waals surface area contributed by atoms with Gasteiger partial charge in [-0.15, -0.1) is 0 Å². The van der Waals surface area contributed by atoms with Gasteiger partial charge in [-0.05, 0) is 51.4 Å². The summed E-state index contributed by atoms with van der Waals surface area (Å²) < 4.78 is 12.3. The van der Waals surface area contributed by atoms with Crippen LogP contribution in [0.1, 0.15) is 31.8 Å². The molecule has 6 heteroatoms. The quantitative estimate of drug-likeness (QED) is 0.601. The number of benzene rings is 2. The fourth-order valence-electron chi connectivity index (χ4n) is 2.99. The number of rotatable bonds is 4. The van der Waals surface area contributed by atoms with E-state index in [1.54, 1.807) is 36.4 Å². The van der Waals surface area contributed by atoms with Gasteiger partial charge in [0.05, 0.1) is 11.1 Å². The SMILES string of the molecule is C[Si](C)(C)Oc1ccc(O[Si](C)(C)C)c2c1C(=O)c1ccccc1C2=O. The second-order valence-electron chi connectivity index (χ2n) is 8.44. The normalized spacial score (nSPS) is 13.9. The lowest BCUT2D eigenvalue weighted by atomic mass is 9.83. The highest BCUT2D eigenvalue weighted by molar-refractivity contribution is 6.71. The molecular formula is C20H24O4Si2. The maximum absolute atomic E-state index is 13.2. The van der Waals surface area contributed by atoms with Gasteiger partial charge in [-0.25, -0.2) is 0 Å². The van der Waals surface area contributed by atoms with Crippen molar-refractivity contribution >= 4 is 28.2 Å². The van der Waals surface area contributed by atoms with E-state index in [0.29, 0.717) is 33.8 Å². The Balaban J connectivity index is 2.27. The van der Waals surface area contributed by atoms with Crippen molar-refractivity contribution in [2.45, 2.75) is 39.3 Å². The first kappa shape index (κ1) is 18.6.